The second-order valence-corrected chi connectivity index (χ2v) is 6.93. The van der Waals surface area contributed by atoms with Crippen LogP contribution in [0.3, 0.4) is 0 Å². The Hall–Kier alpha value is -1.40. The highest BCUT2D eigenvalue weighted by atomic mass is 32.2. The van der Waals surface area contributed by atoms with E-state index in [9.17, 15) is 13.2 Å². The fourth-order valence-corrected chi connectivity index (χ4v) is 3.36. The van der Waals surface area contributed by atoms with E-state index in [2.05, 4.69) is 5.32 Å². The van der Waals surface area contributed by atoms with Crippen LogP contribution in [-0.4, -0.2) is 39.3 Å². The molecule has 2 rings (SSSR count). The van der Waals surface area contributed by atoms with Gasteiger partial charge in [-0.1, -0.05) is 18.2 Å². The third-order valence-corrected chi connectivity index (χ3v) is 4.98. The normalized spacial score (nSPS) is 18.9. The Labute approximate surface area is 119 Å². The molecule has 0 aromatic heterocycles. The molecule has 0 spiro atoms. The van der Waals surface area contributed by atoms with Gasteiger partial charge in [-0.05, 0) is 25.0 Å². The van der Waals surface area contributed by atoms with Crippen LogP contribution in [0.4, 0.5) is 0 Å². The molecule has 1 saturated heterocycles. The van der Waals surface area contributed by atoms with Crippen molar-refractivity contribution < 1.29 is 17.9 Å². The lowest BCUT2D eigenvalue weighted by molar-refractivity contribution is -0.121. The first kappa shape index (κ1) is 15.0. The fraction of sp³-hybridized carbons (Fsp3) is 0.500. The van der Waals surface area contributed by atoms with E-state index >= 15 is 0 Å². The van der Waals surface area contributed by atoms with Gasteiger partial charge in [0.2, 0.25) is 5.91 Å². The Balaban J connectivity index is 1.77. The van der Waals surface area contributed by atoms with Gasteiger partial charge in [0, 0.05) is 19.6 Å². The zero-order chi connectivity index (χ0) is 14.4. The Morgan fingerprint density at radius 3 is 2.70 bits per heavy atom. The molecule has 1 atom stereocenters. The lowest BCUT2D eigenvalue weighted by Gasteiger charge is -2.10. The smallest absolute Gasteiger partial charge is 0.221 e. The maximum absolute atomic E-state index is 12.0. The van der Waals surface area contributed by atoms with Crippen LogP contribution in [0.2, 0.25) is 0 Å². The molecule has 1 aromatic carbocycles. The molecule has 110 valence electrons. The largest absolute Gasteiger partial charge is 0.376 e. The number of rotatable bonds is 6. The van der Waals surface area contributed by atoms with Crippen molar-refractivity contribution in [3.05, 3.63) is 30.3 Å². The highest BCUT2D eigenvalue weighted by molar-refractivity contribution is 7.91. The van der Waals surface area contributed by atoms with Gasteiger partial charge in [0.1, 0.15) is 0 Å². The molecule has 5 nitrogen and oxygen atoms in total. The number of nitrogens with one attached hydrogen (secondary N) is 1. The van der Waals surface area contributed by atoms with Crippen molar-refractivity contribution >= 4 is 15.7 Å². The molecule has 1 fully saturated rings. The summed E-state index contributed by atoms with van der Waals surface area (Å²) in [5.41, 5.74) is 0. The molecule has 1 N–H and O–H groups in total. The van der Waals surface area contributed by atoms with Gasteiger partial charge < -0.3 is 10.1 Å². The molecule has 0 saturated carbocycles. The van der Waals surface area contributed by atoms with E-state index in [1.807, 2.05) is 0 Å². The minimum atomic E-state index is -3.38. The van der Waals surface area contributed by atoms with Gasteiger partial charge in [0.25, 0.3) is 0 Å². The van der Waals surface area contributed by atoms with Crippen LogP contribution in [0.15, 0.2) is 35.2 Å². The lowest BCUT2D eigenvalue weighted by atomic mass is 10.2. The van der Waals surface area contributed by atoms with E-state index < -0.39 is 9.84 Å². The van der Waals surface area contributed by atoms with Gasteiger partial charge in [0.15, 0.2) is 9.84 Å². The number of hydrogen-bond donors (Lipinski definition) is 1. The Morgan fingerprint density at radius 1 is 1.30 bits per heavy atom. The predicted octanol–water partition coefficient (Wildman–Crippen LogP) is 1.15. The van der Waals surface area contributed by atoms with Crippen molar-refractivity contribution in [2.75, 3.05) is 18.9 Å². The first-order valence-electron chi connectivity index (χ1n) is 6.74. The fourth-order valence-electron chi connectivity index (χ4n) is 2.09. The van der Waals surface area contributed by atoms with Gasteiger partial charge in [-0.15, -0.1) is 0 Å². The first-order valence-corrected chi connectivity index (χ1v) is 8.39. The molecule has 1 amide bonds. The van der Waals surface area contributed by atoms with E-state index in [1.54, 1.807) is 30.3 Å². The minimum Gasteiger partial charge on any atom is -0.376 e. The average molecular weight is 297 g/mol. The summed E-state index contributed by atoms with van der Waals surface area (Å²) in [6, 6.07) is 8.18. The van der Waals surface area contributed by atoms with Gasteiger partial charge in [-0.2, -0.15) is 0 Å². The first-order chi connectivity index (χ1) is 9.58. The zero-order valence-corrected chi connectivity index (χ0v) is 12.1. The van der Waals surface area contributed by atoms with Gasteiger partial charge >= 0.3 is 0 Å². The highest BCUT2D eigenvalue weighted by Gasteiger charge is 2.18. The topological polar surface area (TPSA) is 72.5 Å². The van der Waals surface area contributed by atoms with Crippen LogP contribution < -0.4 is 5.32 Å². The van der Waals surface area contributed by atoms with Crippen molar-refractivity contribution in [2.24, 2.45) is 0 Å². The van der Waals surface area contributed by atoms with Gasteiger partial charge in [-0.3, -0.25) is 4.79 Å². The quantitative estimate of drug-likeness (QED) is 0.855. The number of carbonyl (C=O) groups is 1. The second-order valence-electron chi connectivity index (χ2n) is 4.82. The lowest BCUT2D eigenvalue weighted by Crippen LogP contribution is -2.32. The SMILES string of the molecule is O=C(CCS(=O)(=O)c1ccccc1)NCC1CCCO1. The molecule has 1 aliphatic rings. The van der Waals surface area contributed by atoms with Crippen LogP contribution in [0.25, 0.3) is 0 Å². The Bertz CT molecular complexity index is 536. The molecule has 0 bridgehead atoms. The average Bonchev–Trinajstić information content (AvgIpc) is 2.97. The molecule has 0 aliphatic carbocycles. The van der Waals surface area contributed by atoms with Crippen LogP contribution >= 0.6 is 0 Å². The minimum absolute atomic E-state index is 0.0239. The predicted molar refractivity (Wildman–Crippen MR) is 75.1 cm³/mol. The summed E-state index contributed by atoms with van der Waals surface area (Å²) in [5.74, 6) is -0.422. The second kappa shape index (κ2) is 6.85. The number of amides is 1. The van der Waals surface area contributed by atoms with E-state index in [4.69, 9.17) is 4.74 Å². The van der Waals surface area contributed by atoms with Crippen LogP contribution in [0, 0.1) is 0 Å². The highest BCUT2D eigenvalue weighted by Crippen LogP contribution is 2.12. The molecule has 6 heteroatoms. The Morgan fingerprint density at radius 2 is 2.05 bits per heavy atom. The number of benzene rings is 1. The number of ether oxygens (including phenoxy) is 1. The maximum atomic E-state index is 12.0. The Kier molecular flexibility index (Phi) is 5.14. The summed E-state index contributed by atoms with van der Waals surface area (Å²) < 4.78 is 29.4. The maximum Gasteiger partial charge on any atom is 0.221 e. The molecule has 20 heavy (non-hydrogen) atoms. The summed E-state index contributed by atoms with van der Waals surface area (Å²) >= 11 is 0. The van der Waals surface area contributed by atoms with Crippen molar-refractivity contribution in [1.29, 1.82) is 0 Å². The third kappa shape index (κ3) is 4.31. The summed E-state index contributed by atoms with van der Waals surface area (Å²) in [6.07, 6.45) is 2.01. The summed E-state index contributed by atoms with van der Waals surface area (Å²) in [4.78, 5) is 11.9. The van der Waals surface area contributed by atoms with Crippen molar-refractivity contribution in [3.63, 3.8) is 0 Å². The molecule has 1 aliphatic heterocycles. The van der Waals surface area contributed by atoms with Crippen LogP contribution in [0.5, 0.6) is 0 Å². The van der Waals surface area contributed by atoms with Gasteiger partial charge in [0.05, 0.1) is 16.8 Å². The van der Waals surface area contributed by atoms with Crippen LogP contribution in [0.1, 0.15) is 19.3 Å². The zero-order valence-electron chi connectivity index (χ0n) is 11.2. The molecule has 0 radical (unpaired) electrons. The van der Waals surface area contributed by atoms with Crippen LogP contribution in [-0.2, 0) is 19.4 Å². The molecular formula is C14H19NO4S. The standard InChI is InChI=1S/C14H19NO4S/c16-14(15-11-12-5-4-9-19-12)8-10-20(17,18)13-6-2-1-3-7-13/h1-3,6-7,12H,4-5,8-11H2,(H,15,16). The molecule has 1 heterocycles. The monoisotopic (exact) mass is 297 g/mol. The summed E-state index contributed by atoms with van der Waals surface area (Å²) in [5, 5.41) is 2.72. The van der Waals surface area contributed by atoms with E-state index in [-0.39, 0.29) is 29.1 Å². The van der Waals surface area contributed by atoms with Gasteiger partial charge in [-0.25, -0.2) is 8.42 Å². The molecule has 1 unspecified atom stereocenters. The van der Waals surface area contributed by atoms with E-state index in [1.165, 1.54) is 0 Å². The summed E-state index contributed by atoms with van der Waals surface area (Å²) in [6.45, 7) is 1.20. The third-order valence-electron chi connectivity index (χ3n) is 3.25. The molecule has 1 aromatic rings. The summed E-state index contributed by atoms with van der Waals surface area (Å²) in [7, 11) is -3.38. The van der Waals surface area contributed by atoms with E-state index in [0.717, 1.165) is 19.4 Å². The number of sulfone groups is 1. The van der Waals surface area contributed by atoms with Crippen molar-refractivity contribution in [3.8, 4) is 0 Å². The van der Waals surface area contributed by atoms with E-state index in [0.29, 0.717) is 6.54 Å². The van der Waals surface area contributed by atoms with Crippen molar-refractivity contribution in [2.45, 2.75) is 30.3 Å². The number of hydrogen-bond acceptors (Lipinski definition) is 4. The van der Waals surface area contributed by atoms with Crippen molar-refractivity contribution in [1.82, 2.24) is 5.32 Å². The molecular weight excluding hydrogens is 278 g/mol. The number of carbonyl (C=O) groups excluding carboxylic acids is 1.